The molecule has 0 aliphatic rings. The van der Waals surface area contributed by atoms with Crippen molar-refractivity contribution in [3.63, 3.8) is 0 Å². The third-order valence-corrected chi connectivity index (χ3v) is 3.89. The molecule has 1 amide bonds. The number of nitrogens with zero attached hydrogens (tertiary/aromatic N) is 1. The van der Waals surface area contributed by atoms with E-state index in [2.05, 4.69) is 21.7 Å². The number of fused-ring (bicyclic) bond motifs is 1. The van der Waals surface area contributed by atoms with Gasteiger partial charge < -0.3 is 10.6 Å². The van der Waals surface area contributed by atoms with E-state index in [0.29, 0.717) is 0 Å². The number of amides is 1. The normalized spacial score (nSPS) is 10.5. The molecule has 0 aliphatic carbocycles. The molecule has 3 rings (SSSR count). The Kier molecular flexibility index (Phi) is 3.83. The lowest BCUT2D eigenvalue weighted by Crippen LogP contribution is -2.06. The molecule has 2 N–H and O–H groups in total. The number of thiazole rings is 1. The summed E-state index contributed by atoms with van der Waals surface area (Å²) in [6.45, 7) is 2.25. The van der Waals surface area contributed by atoms with Gasteiger partial charge in [-0.2, -0.15) is 0 Å². The van der Waals surface area contributed by atoms with Crippen LogP contribution in [0.2, 0.25) is 0 Å². The number of carbonyl (C=O) groups is 1. The van der Waals surface area contributed by atoms with Crippen LogP contribution >= 0.6 is 11.3 Å². The van der Waals surface area contributed by atoms with Gasteiger partial charge in [0.15, 0.2) is 0 Å². The summed E-state index contributed by atoms with van der Waals surface area (Å²) in [5.41, 5.74) is 5.95. The van der Waals surface area contributed by atoms with E-state index in [1.807, 2.05) is 41.9 Å². The Hall–Kier alpha value is -2.40. The van der Waals surface area contributed by atoms with Gasteiger partial charge in [0.25, 0.3) is 0 Å². The van der Waals surface area contributed by atoms with Crippen molar-refractivity contribution in [2.24, 2.45) is 0 Å². The van der Waals surface area contributed by atoms with Gasteiger partial charge in [0.05, 0.1) is 15.7 Å². The zero-order valence-electron chi connectivity index (χ0n) is 11.6. The predicted molar refractivity (Wildman–Crippen MR) is 87.7 cm³/mol. The maximum Gasteiger partial charge on any atom is 0.221 e. The quantitative estimate of drug-likeness (QED) is 0.768. The van der Waals surface area contributed by atoms with Gasteiger partial charge in [-0.25, -0.2) is 4.98 Å². The first kappa shape index (κ1) is 13.6. The first-order valence-corrected chi connectivity index (χ1v) is 7.52. The molecule has 106 valence electrons. The summed E-state index contributed by atoms with van der Waals surface area (Å²) in [5.74, 6) is -0.0567. The maximum atomic E-state index is 11.0. The van der Waals surface area contributed by atoms with Crippen LogP contribution in [0.3, 0.4) is 0 Å². The van der Waals surface area contributed by atoms with Crippen molar-refractivity contribution in [2.45, 2.75) is 13.5 Å². The summed E-state index contributed by atoms with van der Waals surface area (Å²) < 4.78 is 1.18. The van der Waals surface area contributed by atoms with Gasteiger partial charge in [0.1, 0.15) is 0 Å². The average molecular weight is 297 g/mol. The lowest BCUT2D eigenvalue weighted by molar-refractivity contribution is -0.114. The van der Waals surface area contributed by atoms with Crippen molar-refractivity contribution in [1.82, 2.24) is 4.98 Å². The summed E-state index contributed by atoms with van der Waals surface area (Å²) in [6, 6.07) is 14.0. The Labute approximate surface area is 126 Å². The molecule has 21 heavy (non-hydrogen) atoms. The fraction of sp³-hybridized carbons (Fsp3) is 0.125. The van der Waals surface area contributed by atoms with Crippen LogP contribution in [0.4, 0.5) is 11.4 Å². The van der Waals surface area contributed by atoms with Gasteiger partial charge in [-0.15, -0.1) is 11.3 Å². The van der Waals surface area contributed by atoms with Crippen molar-refractivity contribution in [2.75, 3.05) is 10.6 Å². The maximum absolute atomic E-state index is 11.0. The molecule has 0 spiro atoms. The molecule has 2 aromatic carbocycles. The molecule has 0 bridgehead atoms. The van der Waals surface area contributed by atoms with E-state index >= 15 is 0 Å². The molecule has 1 heterocycles. The van der Waals surface area contributed by atoms with Crippen LogP contribution in [-0.4, -0.2) is 10.9 Å². The molecule has 0 unspecified atom stereocenters. The number of hydrogen-bond donors (Lipinski definition) is 2. The third kappa shape index (κ3) is 3.38. The second-order valence-electron chi connectivity index (χ2n) is 4.77. The highest BCUT2D eigenvalue weighted by Crippen LogP contribution is 2.22. The molecule has 0 atom stereocenters. The Morgan fingerprint density at radius 3 is 2.67 bits per heavy atom. The zero-order valence-corrected chi connectivity index (χ0v) is 12.4. The Bertz CT molecular complexity index is 765. The van der Waals surface area contributed by atoms with E-state index in [9.17, 15) is 4.79 Å². The molecule has 4 nitrogen and oxygen atoms in total. The minimum atomic E-state index is -0.0567. The molecule has 0 radical (unpaired) electrons. The zero-order chi connectivity index (χ0) is 14.7. The number of rotatable bonds is 4. The number of benzene rings is 2. The molecule has 0 fully saturated rings. The van der Waals surface area contributed by atoms with Crippen molar-refractivity contribution in [3.8, 4) is 0 Å². The number of anilines is 2. The van der Waals surface area contributed by atoms with E-state index in [1.165, 1.54) is 11.6 Å². The van der Waals surface area contributed by atoms with Gasteiger partial charge in [-0.3, -0.25) is 4.79 Å². The highest BCUT2D eigenvalue weighted by atomic mass is 32.1. The van der Waals surface area contributed by atoms with E-state index in [-0.39, 0.29) is 5.91 Å². The Morgan fingerprint density at radius 2 is 1.90 bits per heavy atom. The van der Waals surface area contributed by atoms with E-state index in [4.69, 9.17) is 0 Å². The lowest BCUT2D eigenvalue weighted by Gasteiger charge is -2.08. The molecular formula is C16H15N3OS. The fourth-order valence-corrected chi connectivity index (χ4v) is 2.79. The predicted octanol–water partition coefficient (Wildman–Crippen LogP) is 3.87. The van der Waals surface area contributed by atoms with E-state index in [0.717, 1.165) is 29.0 Å². The average Bonchev–Trinajstić information content (AvgIpc) is 2.93. The Balaban J connectivity index is 1.65. The topological polar surface area (TPSA) is 54.0 Å². The summed E-state index contributed by atoms with van der Waals surface area (Å²) in [6.07, 6.45) is 0. The van der Waals surface area contributed by atoms with Gasteiger partial charge in [-0.05, 0) is 35.9 Å². The smallest absolute Gasteiger partial charge is 0.221 e. The lowest BCUT2D eigenvalue weighted by atomic mass is 10.2. The monoisotopic (exact) mass is 297 g/mol. The van der Waals surface area contributed by atoms with Crippen molar-refractivity contribution < 1.29 is 4.79 Å². The molecule has 0 saturated carbocycles. The van der Waals surface area contributed by atoms with Crippen LogP contribution in [0, 0.1) is 0 Å². The van der Waals surface area contributed by atoms with Crippen molar-refractivity contribution in [3.05, 3.63) is 53.5 Å². The minimum absolute atomic E-state index is 0.0567. The number of nitrogens with one attached hydrogen (secondary N) is 2. The largest absolute Gasteiger partial charge is 0.381 e. The van der Waals surface area contributed by atoms with Crippen LogP contribution < -0.4 is 10.6 Å². The molecular weight excluding hydrogens is 282 g/mol. The Morgan fingerprint density at radius 1 is 1.14 bits per heavy atom. The molecule has 0 saturated heterocycles. The summed E-state index contributed by atoms with van der Waals surface area (Å²) in [5, 5.41) is 6.15. The summed E-state index contributed by atoms with van der Waals surface area (Å²) in [4.78, 5) is 15.2. The van der Waals surface area contributed by atoms with Gasteiger partial charge >= 0.3 is 0 Å². The van der Waals surface area contributed by atoms with Crippen molar-refractivity contribution in [1.29, 1.82) is 0 Å². The van der Waals surface area contributed by atoms with Crippen LogP contribution in [0.1, 0.15) is 12.5 Å². The highest BCUT2D eigenvalue weighted by molar-refractivity contribution is 7.16. The number of aromatic nitrogens is 1. The standard InChI is InChI=1S/C16H15N3OS/c1-11(20)19-13-4-2-12(3-5-13)9-17-14-6-7-15-16(8-14)21-10-18-15/h2-8,10,17H,9H2,1H3,(H,19,20). The summed E-state index contributed by atoms with van der Waals surface area (Å²) >= 11 is 1.64. The second-order valence-corrected chi connectivity index (χ2v) is 5.65. The van der Waals surface area contributed by atoms with Crippen LogP contribution in [-0.2, 0) is 11.3 Å². The highest BCUT2D eigenvalue weighted by Gasteiger charge is 2.00. The van der Waals surface area contributed by atoms with E-state index < -0.39 is 0 Å². The third-order valence-electron chi connectivity index (χ3n) is 3.10. The first-order chi connectivity index (χ1) is 10.2. The second kappa shape index (κ2) is 5.93. The molecule has 1 aromatic heterocycles. The fourth-order valence-electron chi connectivity index (χ4n) is 2.08. The minimum Gasteiger partial charge on any atom is -0.381 e. The van der Waals surface area contributed by atoms with Gasteiger partial charge in [0, 0.05) is 24.8 Å². The van der Waals surface area contributed by atoms with Crippen molar-refractivity contribution >= 4 is 38.8 Å². The SMILES string of the molecule is CC(=O)Nc1ccc(CNc2ccc3ncsc3c2)cc1. The number of carbonyl (C=O) groups excluding carboxylic acids is 1. The van der Waals surface area contributed by atoms with Crippen LogP contribution in [0.5, 0.6) is 0 Å². The van der Waals surface area contributed by atoms with Gasteiger partial charge in [-0.1, -0.05) is 12.1 Å². The van der Waals surface area contributed by atoms with E-state index in [1.54, 1.807) is 11.3 Å². The first-order valence-electron chi connectivity index (χ1n) is 6.64. The van der Waals surface area contributed by atoms with Crippen LogP contribution in [0.15, 0.2) is 48.0 Å². The molecule has 5 heteroatoms. The molecule has 3 aromatic rings. The summed E-state index contributed by atoms with van der Waals surface area (Å²) in [7, 11) is 0. The van der Waals surface area contributed by atoms with Gasteiger partial charge in [0.2, 0.25) is 5.91 Å². The van der Waals surface area contributed by atoms with Crippen LogP contribution in [0.25, 0.3) is 10.2 Å². The number of hydrogen-bond acceptors (Lipinski definition) is 4. The molecule has 0 aliphatic heterocycles.